The molecule has 128 valence electrons. The molecule has 0 bridgehead atoms. The van der Waals surface area contributed by atoms with Gasteiger partial charge in [-0.05, 0) is 36.5 Å². The van der Waals surface area contributed by atoms with E-state index >= 15 is 0 Å². The SMILES string of the molecule is CCOc1ccc(C2CC(=O)NC3=C2C(=O)CC(C)(C)C3)cc1Cl. The fourth-order valence-electron chi connectivity index (χ4n) is 3.65. The molecule has 0 aromatic heterocycles. The number of carbonyl (C=O) groups excluding carboxylic acids is 2. The van der Waals surface area contributed by atoms with Gasteiger partial charge < -0.3 is 10.1 Å². The van der Waals surface area contributed by atoms with E-state index in [0.29, 0.717) is 30.2 Å². The molecule has 0 saturated carbocycles. The van der Waals surface area contributed by atoms with Gasteiger partial charge in [0.05, 0.1) is 11.6 Å². The highest BCUT2D eigenvalue weighted by molar-refractivity contribution is 6.32. The quantitative estimate of drug-likeness (QED) is 0.899. The van der Waals surface area contributed by atoms with Crippen molar-refractivity contribution in [3.8, 4) is 5.75 Å². The van der Waals surface area contributed by atoms with Crippen LogP contribution in [0.4, 0.5) is 0 Å². The number of Topliss-reactive ketones (excluding diaryl/α,β-unsaturated/α-hetero) is 1. The lowest BCUT2D eigenvalue weighted by Crippen LogP contribution is -2.40. The van der Waals surface area contributed by atoms with E-state index in [2.05, 4.69) is 19.2 Å². The Hall–Kier alpha value is -1.81. The number of carbonyl (C=O) groups is 2. The second-order valence-corrected chi connectivity index (χ2v) is 7.67. The number of hydrogen-bond acceptors (Lipinski definition) is 3. The molecule has 1 aliphatic carbocycles. The normalized spacial score (nSPS) is 22.9. The third kappa shape index (κ3) is 3.20. The summed E-state index contributed by atoms with van der Waals surface area (Å²) >= 11 is 6.29. The number of allylic oxidation sites excluding steroid dienone is 2. The van der Waals surface area contributed by atoms with Crippen LogP contribution in [0.25, 0.3) is 0 Å². The van der Waals surface area contributed by atoms with Gasteiger partial charge in [-0.15, -0.1) is 0 Å². The minimum Gasteiger partial charge on any atom is -0.492 e. The smallest absolute Gasteiger partial charge is 0.225 e. The van der Waals surface area contributed by atoms with E-state index in [-0.39, 0.29) is 29.4 Å². The van der Waals surface area contributed by atoms with Gasteiger partial charge in [-0.25, -0.2) is 0 Å². The van der Waals surface area contributed by atoms with Gasteiger partial charge in [-0.1, -0.05) is 31.5 Å². The first kappa shape index (κ1) is 17.0. The Morgan fingerprint density at radius 1 is 1.29 bits per heavy atom. The predicted octanol–water partition coefficient (Wildman–Crippen LogP) is 3.99. The third-order valence-electron chi connectivity index (χ3n) is 4.61. The number of ketones is 1. The van der Waals surface area contributed by atoms with Crippen LogP contribution in [-0.2, 0) is 9.59 Å². The molecule has 1 atom stereocenters. The molecule has 0 spiro atoms. The maximum atomic E-state index is 12.7. The fourth-order valence-corrected chi connectivity index (χ4v) is 3.89. The molecule has 1 N–H and O–H groups in total. The monoisotopic (exact) mass is 347 g/mol. The molecule has 4 nitrogen and oxygen atoms in total. The molecule has 1 aromatic carbocycles. The topological polar surface area (TPSA) is 55.4 Å². The number of halogens is 1. The molecule has 0 fully saturated rings. The molecule has 0 radical (unpaired) electrons. The van der Waals surface area contributed by atoms with Gasteiger partial charge >= 0.3 is 0 Å². The van der Waals surface area contributed by atoms with Gasteiger partial charge in [0.1, 0.15) is 5.75 Å². The Bertz CT molecular complexity index is 736. The lowest BCUT2D eigenvalue weighted by Gasteiger charge is -2.37. The summed E-state index contributed by atoms with van der Waals surface area (Å²) in [5.74, 6) is 0.463. The van der Waals surface area contributed by atoms with E-state index in [1.54, 1.807) is 0 Å². The van der Waals surface area contributed by atoms with E-state index < -0.39 is 0 Å². The van der Waals surface area contributed by atoms with Crippen molar-refractivity contribution in [2.75, 3.05) is 6.61 Å². The molecule has 1 aromatic rings. The molecule has 2 aliphatic rings. The zero-order valence-electron chi connectivity index (χ0n) is 14.2. The van der Waals surface area contributed by atoms with Gasteiger partial charge in [-0.3, -0.25) is 9.59 Å². The first-order chi connectivity index (χ1) is 11.3. The minimum absolute atomic E-state index is 0.0470. The standard InChI is InChI=1S/C19H22ClNO3/c1-4-24-16-6-5-11(7-13(16)20)12-8-17(23)21-14-9-19(2,3)10-15(22)18(12)14/h5-7,12H,4,8-10H2,1-3H3,(H,21,23). The number of amides is 1. The minimum atomic E-state index is -0.231. The van der Waals surface area contributed by atoms with E-state index in [4.69, 9.17) is 16.3 Å². The van der Waals surface area contributed by atoms with E-state index in [0.717, 1.165) is 16.8 Å². The second-order valence-electron chi connectivity index (χ2n) is 7.26. The highest BCUT2D eigenvalue weighted by Gasteiger charge is 2.40. The molecule has 1 heterocycles. The first-order valence-electron chi connectivity index (χ1n) is 8.29. The van der Waals surface area contributed by atoms with Gasteiger partial charge in [0.2, 0.25) is 5.91 Å². The van der Waals surface area contributed by atoms with Crippen molar-refractivity contribution in [3.05, 3.63) is 40.1 Å². The maximum absolute atomic E-state index is 12.7. The average molecular weight is 348 g/mol. The molecular formula is C19H22ClNO3. The van der Waals surface area contributed by atoms with E-state index in [9.17, 15) is 9.59 Å². The predicted molar refractivity (Wildman–Crippen MR) is 93.2 cm³/mol. The Labute approximate surface area is 147 Å². The van der Waals surface area contributed by atoms with Crippen LogP contribution in [0.2, 0.25) is 5.02 Å². The zero-order valence-corrected chi connectivity index (χ0v) is 15.0. The molecule has 3 rings (SSSR count). The van der Waals surface area contributed by atoms with Gasteiger partial charge in [-0.2, -0.15) is 0 Å². The molecule has 5 heteroatoms. The Balaban J connectivity index is 2.02. The summed E-state index contributed by atoms with van der Waals surface area (Å²) in [6.07, 6.45) is 1.49. The van der Waals surface area contributed by atoms with Crippen molar-refractivity contribution in [2.24, 2.45) is 5.41 Å². The summed E-state index contributed by atoms with van der Waals surface area (Å²) < 4.78 is 5.46. The lowest BCUT2D eigenvalue weighted by molar-refractivity contribution is -0.122. The highest BCUT2D eigenvalue weighted by Crippen LogP contribution is 2.44. The number of benzene rings is 1. The van der Waals surface area contributed by atoms with Crippen LogP contribution in [0, 0.1) is 5.41 Å². The van der Waals surface area contributed by atoms with E-state index in [1.807, 2.05) is 25.1 Å². The Morgan fingerprint density at radius 3 is 2.71 bits per heavy atom. The highest BCUT2D eigenvalue weighted by atomic mass is 35.5. The molecule has 1 amide bonds. The van der Waals surface area contributed by atoms with Crippen LogP contribution < -0.4 is 10.1 Å². The molecule has 0 saturated heterocycles. The third-order valence-corrected chi connectivity index (χ3v) is 4.90. The van der Waals surface area contributed by atoms with Crippen LogP contribution >= 0.6 is 11.6 Å². The summed E-state index contributed by atoms with van der Waals surface area (Å²) in [7, 11) is 0. The lowest BCUT2D eigenvalue weighted by atomic mass is 9.70. The van der Waals surface area contributed by atoms with Crippen molar-refractivity contribution < 1.29 is 14.3 Å². The van der Waals surface area contributed by atoms with Crippen LogP contribution in [0.3, 0.4) is 0 Å². The number of nitrogens with one attached hydrogen (secondary N) is 1. The van der Waals surface area contributed by atoms with Crippen LogP contribution in [0.5, 0.6) is 5.75 Å². The summed E-state index contributed by atoms with van der Waals surface area (Å²) in [5, 5.41) is 3.42. The average Bonchev–Trinajstić information content (AvgIpc) is 2.46. The van der Waals surface area contributed by atoms with E-state index in [1.165, 1.54) is 0 Å². The summed E-state index contributed by atoms with van der Waals surface area (Å²) in [5.41, 5.74) is 2.29. The van der Waals surface area contributed by atoms with Crippen molar-refractivity contribution in [1.29, 1.82) is 0 Å². The Morgan fingerprint density at radius 2 is 2.04 bits per heavy atom. The van der Waals surface area contributed by atoms with Crippen LogP contribution in [0.15, 0.2) is 29.5 Å². The largest absolute Gasteiger partial charge is 0.492 e. The van der Waals surface area contributed by atoms with Gasteiger partial charge in [0.15, 0.2) is 5.78 Å². The first-order valence-corrected chi connectivity index (χ1v) is 8.67. The van der Waals surface area contributed by atoms with Gasteiger partial charge in [0, 0.05) is 30.0 Å². The van der Waals surface area contributed by atoms with Crippen molar-refractivity contribution >= 4 is 23.3 Å². The molecule has 1 aliphatic heterocycles. The summed E-state index contributed by atoms with van der Waals surface area (Å²) in [6, 6.07) is 5.52. The second kappa shape index (κ2) is 6.25. The van der Waals surface area contributed by atoms with Crippen molar-refractivity contribution in [2.45, 2.75) is 46.0 Å². The van der Waals surface area contributed by atoms with Gasteiger partial charge in [0.25, 0.3) is 0 Å². The molecule has 1 unspecified atom stereocenters. The number of hydrogen-bond donors (Lipinski definition) is 1. The van der Waals surface area contributed by atoms with Crippen molar-refractivity contribution in [1.82, 2.24) is 5.32 Å². The Kier molecular flexibility index (Phi) is 4.43. The van der Waals surface area contributed by atoms with Crippen LogP contribution in [-0.4, -0.2) is 18.3 Å². The van der Waals surface area contributed by atoms with Crippen molar-refractivity contribution in [3.63, 3.8) is 0 Å². The molecular weight excluding hydrogens is 326 g/mol. The summed E-state index contributed by atoms with van der Waals surface area (Å²) in [4.78, 5) is 24.9. The van der Waals surface area contributed by atoms with Crippen LogP contribution in [0.1, 0.15) is 51.5 Å². The molecule has 24 heavy (non-hydrogen) atoms. The number of rotatable bonds is 3. The fraction of sp³-hybridized carbons (Fsp3) is 0.474. The summed E-state index contributed by atoms with van der Waals surface area (Å²) in [6.45, 7) is 6.54. The zero-order chi connectivity index (χ0) is 17.5. The maximum Gasteiger partial charge on any atom is 0.225 e. The number of ether oxygens (including phenoxy) is 1.